The Balaban J connectivity index is 1.63. The Kier molecular flexibility index (Phi) is 8.10. The van der Waals surface area contributed by atoms with Crippen molar-refractivity contribution in [2.75, 3.05) is 18.6 Å². The van der Waals surface area contributed by atoms with Gasteiger partial charge in [0.15, 0.2) is 6.61 Å². The molecular weight excluding hydrogens is 479 g/mol. The highest BCUT2D eigenvalue weighted by atomic mass is 19.4. The average molecular weight is 512 g/mol. The molecule has 1 atom stereocenters. The van der Waals surface area contributed by atoms with Gasteiger partial charge < -0.3 is 14.4 Å². The smallest absolute Gasteiger partial charge is 0.422 e. The summed E-state index contributed by atoms with van der Waals surface area (Å²) in [5.41, 5.74) is 4.90. The molecular formula is C30H32F3NO3. The Hall–Kier alpha value is -3.48. The maximum atomic E-state index is 14.1. The number of anilines is 1. The van der Waals surface area contributed by atoms with Crippen molar-refractivity contribution >= 4 is 11.6 Å². The van der Waals surface area contributed by atoms with Crippen LogP contribution in [0.4, 0.5) is 18.9 Å². The first-order chi connectivity index (χ1) is 17.6. The first-order valence-electron chi connectivity index (χ1n) is 12.5. The van der Waals surface area contributed by atoms with E-state index in [1.54, 1.807) is 24.1 Å². The van der Waals surface area contributed by atoms with E-state index in [0.29, 0.717) is 5.92 Å². The molecule has 0 radical (unpaired) electrons. The van der Waals surface area contributed by atoms with Gasteiger partial charge in [0, 0.05) is 5.69 Å². The molecule has 0 N–H and O–H groups in total. The van der Waals surface area contributed by atoms with Crippen molar-refractivity contribution in [2.24, 2.45) is 0 Å². The molecule has 4 rings (SSSR count). The Morgan fingerprint density at radius 2 is 1.68 bits per heavy atom. The summed E-state index contributed by atoms with van der Waals surface area (Å²) in [6, 6.07) is 20.3. The maximum Gasteiger partial charge on any atom is 0.422 e. The fourth-order valence-corrected chi connectivity index (χ4v) is 4.72. The van der Waals surface area contributed by atoms with Crippen LogP contribution in [0.1, 0.15) is 60.8 Å². The fourth-order valence-electron chi connectivity index (χ4n) is 4.72. The topological polar surface area (TPSA) is 38.8 Å². The van der Waals surface area contributed by atoms with Gasteiger partial charge in [-0.25, -0.2) is 0 Å². The third-order valence-corrected chi connectivity index (χ3v) is 6.77. The highest BCUT2D eigenvalue weighted by Crippen LogP contribution is 2.37. The second-order valence-electron chi connectivity index (χ2n) is 9.73. The van der Waals surface area contributed by atoms with E-state index in [-0.39, 0.29) is 24.1 Å². The third-order valence-electron chi connectivity index (χ3n) is 6.77. The van der Waals surface area contributed by atoms with Gasteiger partial charge in [-0.3, -0.25) is 4.79 Å². The molecule has 0 bridgehead atoms. The van der Waals surface area contributed by atoms with E-state index in [0.717, 1.165) is 47.4 Å². The molecule has 1 amide bonds. The lowest BCUT2D eigenvalue weighted by molar-refractivity contribution is -0.153. The summed E-state index contributed by atoms with van der Waals surface area (Å²) in [5, 5.41) is 0. The van der Waals surface area contributed by atoms with Gasteiger partial charge in [0.2, 0.25) is 5.91 Å². The number of carbonyl (C=O) groups excluding carboxylic acids is 1. The molecule has 0 saturated heterocycles. The zero-order valence-electron chi connectivity index (χ0n) is 21.3. The number of amides is 1. The lowest BCUT2D eigenvalue weighted by Gasteiger charge is -2.31. The number of ether oxygens (including phenoxy) is 2. The third kappa shape index (κ3) is 6.64. The fraction of sp³-hybridized carbons (Fsp3) is 0.367. The van der Waals surface area contributed by atoms with Gasteiger partial charge in [-0.05, 0) is 83.8 Å². The molecule has 0 saturated carbocycles. The number of methoxy groups -OCH3 is 1. The molecule has 0 fully saturated rings. The molecule has 3 aromatic carbocycles. The molecule has 0 heterocycles. The predicted molar refractivity (Wildman–Crippen MR) is 138 cm³/mol. The molecule has 3 aromatic rings. The number of fused-ring (bicyclic) bond motifs is 1. The molecule has 0 aromatic heterocycles. The summed E-state index contributed by atoms with van der Waals surface area (Å²) in [6.45, 7) is 3.18. The van der Waals surface area contributed by atoms with Crippen LogP contribution < -0.4 is 14.4 Å². The van der Waals surface area contributed by atoms with Gasteiger partial charge in [-0.15, -0.1) is 0 Å². The molecule has 196 valence electrons. The second-order valence-corrected chi connectivity index (χ2v) is 9.73. The van der Waals surface area contributed by atoms with Crippen LogP contribution in [0.15, 0.2) is 66.7 Å². The van der Waals surface area contributed by atoms with Crippen molar-refractivity contribution in [1.29, 1.82) is 0 Å². The summed E-state index contributed by atoms with van der Waals surface area (Å²) in [5.74, 6) is 0.899. The normalized spacial score (nSPS) is 15.3. The minimum absolute atomic E-state index is 0.0103. The number of carbonyl (C=O) groups is 1. The van der Waals surface area contributed by atoms with Crippen molar-refractivity contribution in [3.8, 4) is 11.5 Å². The van der Waals surface area contributed by atoms with Crippen molar-refractivity contribution in [3.63, 3.8) is 0 Å². The lowest BCUT2D eigenvalue weighted by Crippen LogP contribution is -2.36. The van der Waals surface area contributed by atoms with Gasteiger partial charge >= 0.3 is 6.18 Å². The van der Waals surface area contributed by atoms with E-state index in [1.165, 1.54) is 17.7 Å². The van der Waals surface area contributed by atoms with Crippen LogP contribution in [-0.2, 0) is 17.8 Å². The van der Waals surface area contributed by atoms with Crippen LogP contribution in [0.5, 0.6) is 11.5 Å². The highest BCUT2D eigenvalue weighted by molar-refractivity contribution is 5.98. The number of alkyl halides is 3. The van der Waals surface area contributed by atoms with Gasteiger partial charge in [0.1, 0.15) is 11.5 Å². The molecule has 37 heavy (non-hydrogen) atoms. The second kappa shape index (κ2) is 11.3. The number of nitrogens with zero attached hydrogens (tertiary/aromatic N) is 1. The minimum Gasteiger partial charge on any atom is -0.497 e. The Morgan fingerprint density at radius 1 is 1.00 bits per heavy atom. The van der Waals surface area contributed by atoms with Crippen LogP contribution in [0.3, 0.4) is 0 Å². The molecule has 0 aliphatic heterocycles. The van der Waals surface area contributed by atoms with Gasteiger partial charge in [-0.1, -0.05) is 44.2 Å². The van der Waals surface area contributed by atoms with Gasteiger partial charge in [0.25, 0.3) is 0 Å². The standard InChI is InChI=1S/C30H32F3NO3/c1-20(2)22-9-12-24(13-10-22)34(18-21-7-14-25(15-8-21)37-19-30(31,32)33)29(35)27-6-4-5-23-11-16-26(36-3)17-28(23)27/h7-17,20,27H,4-6,18-19H2,1-3H3. The van der Waals surface area contributed by atoms with E-state index >= 15 is 0 Å². The summed E-state index contributed by atoms with van der Waals surface area (Å²) < 4.78 is 47.8. The average Bonchev–Trinajstić information content (AvgIpc) is 2.89. The number of hydrogen-bond donors (Lipinski definition) is 0. The summed E-state index contributed by atoms with van der Waals surface area (Å²) in [4.78, 5) is 15.9. The zero-order chi connectivity index (χ0) is 26.6. The Bertz CT molecular complexity index is 1200. The molecule has 4 nitrogen and oxygen atoms in total. The summed E-state index contributed by atoms with van der Waals surface area (Å²) >= 11 is 0. The quantitative estimate of drug-likeness (QED) is 0.316. The van der Waals surface area contributed by atoms with Crippen molar-refractivity contribution < 1.29 is 27.4 Å². The molecule has 7 heteroatoms. The maximum absolute atomic E-state index is 14.1. The molecule has 1 unspecified atom stereocenters. The largest absolute Gasteiger partial charge is 0.497 e. The number of hydrogen-bond acceptors (Lipinski definition) is 3. The summed E-state index contributed by atoms with van der Waals surface area (Å²) in [6.07, 6.45) is -1.82. The van der Waals surface area contributed by atoms with Crippen molar-refractivity contribution in [3.05, 3.63) is 89.0 Å². The number of aryl methyl sites for hydroxylation is 1. The van der Waals surface area contributed by atoms with Crippen LogP contribution in [0.25, 0.3) is 0 Å². The first-order valence-corrected chi connectivity index (χ1v) is 12.5. The number of benzene rings is 3. The van der Waals surface area contributed by atoms with E-state index in [4.69, 9.17) is 9.47 Å². The minimum atomic E-state index is -4.40. The van der Waals surface area contributed by atoms with Crippen LogP contribution >= 0.6 is 0 Å². The zero-order valence-corrected chi connectivity index (χ0v) is 21.3. The molecule has 1 aliphatic rings. The predicted octanol–water partition coefficient (Wildman–Crippen LogP) is 7.41. The van der Waals surface area contributed by atoms with Gasteiger partial charge in [-0.2, -0.15) is 13.2 Å². The SMILES string of the molecule is COc1ccc2c(c1)C(C(=O)N(Cc1ccc(OCC(F)(F)F)cc1)c1ccc(C(C)C)cc1)CCC2. The lowest BCUT2D eigenvalue weighted by atomic mass is 9.81. The summed E-state index contributed by atoms with van der Waals surface area (Å²) in [7, 11) is 1.62. The van der Waals surface area contributed by atoms with Crippen molar-refractivity contribution in [1.82, 2.24) is 0 Å². The van der Waals surface area contributed by atoms with E-state index in [2.05, 4.69) is 13.8 Å². The monoisotopic (exact) mass is 511 g/mol. The van der Waals surface area contributed by atoms with E-state index in [9.17, 15) is 18.0 Å². The number of rotatable bonds is 8. The Morgan fingerprint density at radius 3 is 2.30 bits per heavy atom. The van der Waals surface area contributed by atoms with E-state index in [1.807, 2.05) is 42.5 Å². The number of halogens is 3. The van der Waals surface area contributed by atoms with Gasteiger partial charge in [0.05, 0.1) is 19.6 Å². The first kappa shape index (κ1) is 26.6. The molecule has 1 aliphatic carbocycles. The van der Waals surface area contributed by atoms with Crippen LogP contribution in [0, 0.1) is 0 Å². The molecule has 0 spiro atoms. The Labute approximate surface area is 216 Å². The van der Waals surface area contributed by atoms with Crippen LogP contribution in [0.2, 0.25) is 0 Å². The van der Waals surface area contributed by atoms with Crippen LogP contribution in [-0.4, -0.2) is 25.8 Å². The highest BCUT2D eigenvalue weighted by Gasteiger charge is 2.32. The van der Waals surface area contributed by atoms with Crippen molar-refractivity contribution in [2.45, 2.75) is 57.7 Å². The van der Waals surface area contributed by atoms with E-state index < -0.39 is 12.8 Å².